The lowest BCUT2D eigenvalue weighted by molar-refractivity contribution is 0.979. The van der Waals surface area contributed by atoms with E-state index < -0.39 is 0 Å². The maximum Gasteiger partial charge on any atom is 0.156 e. The summed E-state index contributed by atoms with van der Waals surface area (Å²) in [5.41, 5.74) is 6.35. The first-order valence-corrected chi connectivity index (χ1v) is 8.83. The molecule has 2 N–H and O–H groups in total. The number of imidazole rings is 2. The van der Waals surface area contributed by atoms with Crippen LogP contribution in [0.3, 0.4) is 0 Å². The minimum Gasteiger partial charge on any atom is -0.340 e. The van der Waals surface area contributed by atoms with Gasteiger partial charge in [-0.25, -0.2) is 15.0 Å². The molecule has 0 spiro atoms. The minimum atomic E-state index is 0.837. The number of nitrogens with zero attached hydrogens (tertiary/aromatic N) is 3. The lowest BCUT2D eigenvalue weighted by atomic mass is 10.2. The van der Waals surface area contributed by atoms with Gasteiger partial charge in [-0.2, -0.15) is 0 Å². The second kappa shape index (κ2) is 6.99. The molecule has 0 atom stereocenters. The van der Waals surface area contributed by atoms with Crippen LogP contribution in [0.4, 0.5) is 0 Å². The Bertz CT molecular complexity index is 720. The van der Waals surface area contributed by atoms with Gasteiger partial charge in [-0.1, -0.05) is 33.8 Å². The molecule has 3 rings (SSSR count). The van der Waals surface area contributed by atoms with Crippen LogP contribution in [0.2, 0.25) is 0 Å². The van der Waals surface area contributed by atoms with Gasteiger partial charge in [-0.05, 0) is 37.8 Å². The van der Waals surface area contributed by atoms with E-state index in [0.717, 1.165) is 60.1 Å². The molecule has 0 aliphatic heterocycles. The topological polar surface area (TPSA) is 70.2 Å². The van der Waals surface area contributed by atoms with Crippen molar-refractivity contribution < 1.29 is 0 Å². The highest BCUT2D eigenvalue weighted by atomic mass is 15.0. The normalized spacial score (nSPS) is 11.2. The van der Waals surface area contributed by atoms with Gasteiger partial charge in [0.1, 0.15) is 11.4 Å². The van der Waals surface area contributed by atoms with Crippen LogP contribution in [-0.4, -0.2) is 24.9 Å². The molecular formula is C19H25N5. The number of H-pyrrole nitrogens is 2. The van der Waals surface area contributed by atoms with E-state index in [-0.39, 0.29) is 0 Å². The van der Waals surface area contributed by atoms with E-state index in [1.54, 1.807) is 0 Å². The second-order valence-corrected chi connectivity index (χ2v) is 5.84. The van der Waals surface area contributed by atoms with Crippen LogP contribution in [0.25, 0.3) is 23.0 Å². The zero-order valence-corrected chi connectivity index (χ0v) is 14.9. The molecule has 0 unspecified atom stereocenters. The first-order chi connectivity index (χ1) is 11.7. The third-order valence-corrected chi connectivity index (χ3v) is 4.34. The van der Waals surface area contributed by atoms with Gasteiger partial charge >= 0.3 is 0 Å². The van der Waals surface area contributed by atoms with Gasteiger partial charge in [0.05, 0.1) is 11.4 Å². The Hall–Kier alpha value is -2.43. The molecule has 24 heavy (non-hydrogen) atoms. The van der Waals surface area contributed by atoms with Crippen molar-refractivity contribution in [2.24, 2.45) is 0 Å². The molecule has 0 saturated carbocycles. The van der Waals surface area contributed by atoms with Crippen molar-refractivity contribution in [1.29, 1.82) is 0 Å². The Balaban J connectivity index is 2.00. The van der Waals surface area contributed by atoms with Gasteiger partial charge in [-0.15, -0.1) is 0 Å². The highest BCUT2D eigenvalue weighted by Crippen LogP contribution is 2.22. The molecule has 0 aliphatic rings. The number of aromatic nitrogens is 5. The predicted octanol–water partition coefficient (Wildman–Crippen LogP) is 4.11. The number of hydrogen-bond donors (Lipinski definition) is 2. The van der Waals surface area contributed by atoms with E-state index in [2.05, 4.69) is 37.7 Å². The Morgan fingerprint density at radius 1 is 0.667 bits per heavy atom. The standard InChI is InChI=1S/C19H25N5/c1-5-12-13(6-2)22-18(21-12)16-10-9-11-17(20-16)19-23-14(7-3)15(8-4)24-19/h9-11H,5-8H2,1-4H3,(H,21,22)(H,23,24). The fourth-order valence-electron chi connectivity index (χ4n) is 3.00. The molecule has 0 bridgehead atoms. The van der Waals surface area contributed by atoms with Gasteiger partial charge in [-0.3, -0.25) is 0 Å². The Morgan fingerprint density at radius 3 is 1.46 bits per heavy atom. The van der Waals surface area contributed by atoms with Crippen molar-refractivity contribution in [2.75, 3.05) is 0 Å². The number of hydrogen-bond acceptors (Lipinski definition) is 3. The fraction of sp³-hybridized carbons (Fsp3) is 0.421. The van der Waals surface area contributed by atoms with Crippen molar-refractivity contribution >= 4 is 0 Å². The van der Waals surface area contributed by atoms with Crippen LogP contribution in [0.1, 0.15) is 50.5 Å². The SMILES string of the molecule is CCc1nc(-c2cccc(-c3nc(CC)c(CC)[nH]3)n2)[nH]c1CC. The molecule has 0 aromatic carbocycles. The van der Waals surface area contributed by atoms with E-state index in [0.29, 0.717) is 0 Å². The monoisotopic (exact) mass is 323 g/mol. The average molecular weight is 323 g/mol. The summed E-state index contributed by atoms with van der Waals surface area (Å²) in [4.78, 5) is 21.0. The summed E-state index contributed by atoms with van der Waals surface area (Å²) < 4.78 is 0. The molecule has 5 nitrogen and oxygen atoms in total. The molecule has 3 aromatic rings. The van der Waals surface area contributed by atoms with Gasteiger partial charge in [0.2, 0.25) is 0 Å². The summed E-state index contributed by atoms with van der Waals surface area (Å²) in [6.45, 7) is 8.54. The summed E-state index contributed by atoms with van der Waals surface area (Å²) >= 11 is 0. The Morgan fingerprint density at radius 2 is 1.12 bits per heavy atom. The quantitative estimate of drug-likeness (QED) is 0.717. The first-order valence-electron chi connectivity index (χ1n) is 8.83. The molecule has 0 fully saturated rings. The van der Waals surface area contributed by atoms with Crippen LogP contribution in [0.15, 0.2) is 18.2 Å². The smallest absolute Gasteiger partial charge is 0.156 e. The maximum atomic E-state index is 4.77. The first kappa shape index (κ1) is 16.4. The van der Waals surface area contributed by atoms with Gasteiger partial charge in [0.25, 0.3) is 0 Å². The lowest BCUT2D eigenvalue weighted by Crippen LogP contribution is -1.91. The van der Waals surface area contributed by atoms with Crippen LogP contribution < -0.4 is 0 Å². The van der Waals surface area contributed by atoms with Crippen molar-refractivity contribution in [3.05, 3.63) is 41.0 Å². The van der Waals surface area contributed by atoms with Crippen LogP contribution in [0, 0.1) is 0 Å². The highest BCUT2D eigenvalue weighted by molar-refractivity contribution is 5.58. The van der Waals surface area contributed by atoms with E-state index in [1.165, 1.54) is 11.4 Å². The summed E-state index contributed by atoms with van der Waals surface area (Å²) in [6.07, 6.45) is 3.76. The molecule has 0 aliphatic carbocycles. The minimum absolute atomic E-state index is 0.837. The summed E-state index contributed by atoms with van der Waals surface area (Å²) in [5, 5.41) is 0. The Labute approximate surface area is 143 Å². The number of rotatable bonds is 6. The van der Waals surface area contributed by atoms with Gasteiger partial charge in [0, 0.05) is 11.4 Å². The van der Waals surface area contributed by atoms with E-state index in [1.807, 2.05) is 18.2 Å². The molecule has 3 aromatic heterocycles. The third kappa shape index (κ3) is 2.98. The molecule has 126 valence electrons. The summed E-state index contributed by atoms with van der Waals surface area (Å²) in [6, 6.07) is 5.99. The molecule has 0 saturated heterocycles. The van der Waals surface area contributed by atoms with Gasteiger partial charge in [0.15, 0.2) is 11.6 Å². The molecule has 0 amide bonds. The Kier molecular flexibility index (Phi) is 4.79. The zero-order valence-electron chi connectivity index (χ0n) is 14.9. The van der Waals surface area contributed by atoms with Crippen molar-refractivity contribution in [3.8, 4) is 23.0 Å². The van der Waals surface area contributed by atoms with Gasteiger partial charge < -0.3 is 9.97 Å². The van der Waals surface area contributed by atoms with Crippen LogP contribution in [0.5, 0.6) is 0 Å². The molecular weight excluding hydrogens is 298 g/mol. The molecule has 0 radical (unpaired) electrons. The van der Waals surface area contributed by atoms with E-state index in [4.69, 9.17) is 15.0 Å². The number of aromatic amines is 2. The predicted molar refractivity (Wildman–Crippen MR) is 96.9 cm³/mol. The highest BCUT2D eigenvalue weighted by Gasteiger charge is 2.13. The molecule has 5 heteroatoms. The summed E-state index contributed by atoms with van der Waals surface area (Å²) in [7, 11) is 0. The molecule has 3 heterocycles. The van der Waals surface area contributed by atoms with Crippen molar-refractivity contribution in [2.45, 2.75) is 53.4 Å². The maximum absolute atomic E-state index is 4.77. The van der Waals surface area contributed by atoms with Crippen LogP contribution >= 0.6 is 0 Å². The number of pyridine rings is 1. The zero-order chi connectivity index (χ0) is 17.1. The van der Waals surface area contributed by atoms with E-state index in [9.17, 15) is 0 Å². The fourth-order valence-corrected chi connectivity index (χ4v) is 3.00. The average Bonchev–Trinajstić information content (AvgIpc) is 3.25. The van der Waals surface area contributed by atoms with Crippen molar-refractivity contribution in [3.63, 3.8) is 0 Å². The van der Waals surface area contributed by atoms with E-state index >= 15 is 0 Å². The second-order valence-electron chi connectivity index (χ2n) is 5.84. The number of aryl methyl sites for hydroxylation is 4. The summed E-state index contributed by atoms with van der Waals surface area (Å²) in [5.74, 6) is 1.67. The largest absolute Gasteiger partial charge is 0.340 e. The lowest BCUT2D eigenvalue weighted by Gasteiger charge is -2.00. The third-order valence-electron chi connectivity index (χ3n) is 4.34. The van der Waals surface area contributed by atoms with Crippen molar-refractivity contribution in [1.82, 2.24) is 24.9 Å². The van der Waals surface area contributed by atoms with Crippen LogP contribution in [-0.2, 0) is 25.7 Å². The number of nitrogens with one attached hydrogen (secondary N) is 2.